The maximum absolute atomic E-state index is 10.0. The minimum absolute atomic E-state index is 0.289. The van der Waals surface area contributed by atoms with Gasteiger partial charge in [0.25, 0.3) is 0 Å². The first-order valence-electron chi connectivity index (χ1n) is 16.7. The van der Waals surface area contributed by atoms with E-state index in [2.05, 4.69) is 103 Å². The van der Waals surface area contributed by atoms with E-state index >= 15 is 0 Å². The molecule has 2 N–H and O–H groups in total. The third-order valence-electron chi connectivity index (χ3n) is 5.25. The van der Waals surface area contributed by atoms with Crippen molar-refractivity contribution in [3.05, 3.63) is 77.4 Å². The molecule has 0 radical (unpaired) electrons. The number of carbonyl (C=O) groups excluding carboxylic acids is 1. The van der Waals surface area contributed by atoms with Crippen molar-refractivity contribution in [2.45, 2.75) is 154 Å². The summed E-state index contributed by atoms with van der Waals surface area (Å²) >= 11 is 0. The minimum Gasteiger partial charge on any atom is -0.330 e. The van der Waals surface area contributed by atoms with Crippen molar-refractivity contribution >= 4 is 11.4 Å². The lowest BCUT2D eigenvalue weighted by Crippen LogP contribution is -1.93. The molecule has 0 spiro atoms. The van der Waals surface area contributed by atoms with Gasteiger partial charge in [-0.1, -0.05) is 168 Å². The van der Waals surface area contributed by atoms with Crippen LogP contribution in [0.15, 0.2) is 60.7 Å². The molecule has 0 aromatic heterocycles. The molecule has 0 unspecified atom stereocenters. The Bertz CT molecular complexity index is 726. The van der Waals surface area contributed by atoms with Crippen molar-refractivity contribution in [2.24, 2.45) is 5.73 Å². The van der Waals surface area contributed by atoms with Crippen molar-refractivity contribution in [3.8, 4) is 0 Å². The number of Topliss-reactive ketones (excluding diaryl/α,β-unsaturated/α-hetero) is 1. The summed E-state index contributed by atoms with van der Waals surface area (Å²) in [7, 11) is 0. The molecule has 0 fully saturated rings. The summed E-state index contributed by atoms with van der Waals surface area (Å²) in [6.45, 7) is 27.6. The van der Waals surface area contributed by atoms with E-state index in [0.29, 0.717) is 0 Å². The topological polar surface area (TPSA) is 43.1 Å². The third kappa shape index (κ3) is 45.0. The Morgan fingerprint density at radius 2 is 1.15 bits per heavy atom. The molecule has 0 heterocycles. The van der Waals surface area contributed by atoms with Gasteiger partial charge in [0.1, 0.15) is 5.78 Å². The molecule has 2 nitrogen and oxygen atoms in total. The van der Waals surface area contributed by atoms with E-state index in [9.17, 15) is 4.79 Å². The number of benzene rings is 2. The lowest BCUT2D eigenvalue weighted by atomic mass is 10.1. The van der Waals surface area contributed by atoms with Crippen molar-refractivity contribution in [3.63, 3.8) is 0 Å². The fourth-order valence-corrected chi connectivity index (χ4v) is 3.02. The second-order valence-corrected chi connectivity index (χ2v) is 9.34. The molecule has 240 valence electrons. The summed E-state index contributed by atoms with van der Waals surface area (Å²) in [4.78, 5) is 10.0. The van der Waals surface area contributed by atoms with Gasteiger partial charge >= 0.3 is 0 Å². The Morgan fingerprint density at radius 1 is 0.683 bits per heavy atom. The van der Waals surface area contributed by atoms with Crippen LogP contribution in [0.2, 0.25) is 0 Å². The van der Waals surface area contributed by atoms with Crippen LogP contribution in [-0.4, -0.2) is 12.3 Å². The second kappa shape index (κ2) is 44.8. The molecular weight excluding hydrogens is 498 g/mol. The van der Waals surface area contributed by atoms with E-state index in [4.69, 9.17) is 5.73 Å². The first-order valence-corrected chi connectivity index (χ1v) is 16.7. The summed E-state index contributed by atoms with van der Waals surface area (Å²) in [6, 6.07) is 19.2. The number of hydrogen-bond donors (Lipinski definition) is 1. The van der Waals surface area contributed by atoms with Gasteiger partial charge in [0.05, 0.1) is 0 Å². The van der Waals surface area contributed by atoms with Crippen molar-refractivity contribution < 1.29 is 4.79 Å². The molecule has 0 atom stereocenters. The van der Waals surface area contributed by atoms with Crippen LogP contribution in [0.5, 0.6) is 0 Å². The first kappa shape index (κ1) is 48.5. The summed E-state index contributed by atoms with van der Waals surface area (Å²) in [5.74, 6) is 0.289. The van der Waals surface area contributed by atoms with E-state index in [1.165, 1.54) is 60.8 Å². The van der Waals surface area contributed by atoms with E-state index in [-0.39, 0.29) is 5.78 Å². The number of carbonyl (C=O) groups is 1. The summed E-state index contributed by atoms with van der Waals surface area (Å²) in [5, 5.41) is 0. The normalized spacial score (nSPS) is 9.07. The maximum Gasteiger partial charge on any atom is 0.129 e. The second-order valence-electron chi connectivity index (χ2n) is 9.34. The highest BCUT2D eigenvalue weighted by Gasteiger charge is 1.90. The standard InChI is InChI=1S/C11H14.C10H14.C6H14.C5H10O.C3H9N.2C2H6/c1-3-7-10(2)11-8-5-4-6-9-11;1-3-4-10-7-5-9(2)6-8-10;1-3-5-6-4-2;1-3-4-5(2)6;1-2-3-4;2*1-2/h4-9H,3H2,1-2H3;5-8H,3-4H2,1-2H3;3-6H2,1-2H3;3-4H2,1-2H3;2-4H2,1H3;2*1-2H3/b10-7+;;;;;;. The van der Waals surface area contributed by atoms with Crippen molar-refractivity contribution in [2.75, 3.05) is 6.54 Å². The third-order valence-corrected chi connectivity index (χ3v) is 5.25. The highest BCUT2D eigenvalue weighted by Crippen LogP contribution is 2.12. The zero-order valence-corrected chi connectivity index (χ0v) is 30.0. The molecule has 0 aliphatic carbocycles. The molecule has 0 saturated heterocycles. The van der Waals surface area contributed by atoms with Crippen LogP contribution in [0.3, 0.4) is 0 Å². The molecule has 2 aromatic carbocycles. The minimum atomic E-state index is 0.289. The zero-order valence-electron chi connectivity index (χ0n) is 30.0. The van der Waals surface area contributed by atoms with Gasteiger partial charge in [0.15, 0.2) is 0 Å². The summed E-state index contributed by atoms with van der Waals surface area (Å²) in [6.07, 6.45) is 14.2. The highest BCUT2D eigenvalue weighted by atomic mass is 16.1. The average Bonchev–Trinajstić information content (AvgIpc) is 3.01. The predicted molar refractivity (Wildman–Crippen MR) is 193 cm³/mol. The molecule has 41 heavy (non-hydrogen) atoms. The van der Waals surface area contributed by atoms with Crippen molar-refractivity contribution in [1.29, 1.82) is 0 Å². The van der Waals surface area contributed by atoms with Gasteiger partial charge in [-0.3, -0.25) is 0 Å². The zero-order chi connectivity index (χ0) is 32.7. The van der Waals surface area contributed by atoms with Gasteiger partial charge in [0, 0.05) is 6.42 Å². The summed E-state index contributed by atoms with van der Waals surface area (Å²) in [5.41, 5.74) is 10.5. The SMILES string of the molecule is CC.CC.CC/C=C(\C)c1ccccc1.CCCC(C)=O.CCCCCC.CCCN.CCCc1ccc(C)cc1. The Labute approximate surface area is 259 Å². The maximum atomic E-state index is 10.0. The summed E-state index contributed by atoms with van der Waals surface area (Å²) < 4.78 is 0. The van der Waals surface area contributed by atoms with E-state index in [1.54, 1.807) is 6.92 Å². The average molecular weight is 572 g/mol. The largest absolute Gasteiger partial charge is 0.330 e. The van der Waals surface area contributed by atoms with Crippen LogP contribution in [0.1, 0.15) is 158 Å². The fourth-order valence-electron chi connectivity index (χ4n) is 3.02. The van der Waals surface area contributed by atoms with Crippen LogP contribution < -0.4 is 5.73 Å². The number of ketones is 1. The molecule has 2 heteroatoms. The van der Waals surface area contributed by atoms with Gasteiger partial charge in [-0.15, -0.1) is 0 Å². The lowest BCUT2D eigenvalue weighted by molar-refractivity contribution is -0.117. The van der Waals surface area contributed by atoms with Gasteiger partial charge in [0.2, 0.25) is 0 Å². The Kier molecular flexibility index (Phi) is 53.1. The molecule has 0 aliphatic heterocycles. The molecule has 0 saturated carbocycles. The smallest absolute Gasteiger partial charge is 0.129 e. The van der Waals surface area contributed by atoms with Gasteiger partial charge in [-0.2, -0.15) is 0 Å². The number of aryl methyl sites for hydroxylation is 2. The molecule has 2 aromatic rings. The number of hydrogen-bond acceptors (Lipinski definition) is 2. The highest BCUT2D eigenvalue weighted by molar-refractivity contribution is 5.75. The quantitative estimate of drug-likeness (QED) is 0.288. The Balaban J connectivity index is -0.000000133. The molecular formula is C39H73NO. The lowest BCUT2D eigenvalue weighted by Gasteiger charge is -1.98. The van der Waals surface area contributed by atoms with Crippen molar-refractivity contribution in [1.82, 2.24) is 0 Å². The van der Waals surface area contributed by atoms with Gasteiger partial charge in [-0.25, -0.2) is 0 Å². The van der Waals surface area contributed by atoms with Gasteiger partial charge in [-0.05, 0) is 69.7 Å². The number of allylic oxidation sites excluding steroid dienone is 2. The first-order chi connectivity index (χ1) is 19.8. The van der Waals surface area contributed by atoms with Crippen LogP contribution >= 0.6 is 0 Å². The van der Waals surface area contributed by atoms with E-state index < -0.39 is 0 Å². The predicted octanol–water partition coefficient (Wildman–Crippen LogP) is 12.8. The molecule has 0 amide bonds. The van der Waals surface area contributed by atoms with Crippen LogP contribution in [-0.2, 0) is 11.2 Å². The van der Waals surface area contributed by atoms with Crippen LogP contribution in [0.25, 0.3) is 5.57 Å². The van der Waals surface area contributed by atoms with E-state index in [1.807, 2.05) is 40.7 Å². The van der Waals surface area contributed by atoms with E-state index in [0.717, 1.165) is 32.2 Å². The Morgan fingerprint density at radius 3 is 1.44 bits per heavy atom. The van der Waals surface area contributed by atoms with Crippen LogP contribution in [0.4, 0.5) is 0 Å². The molecule has 2 rings (SSSR count). The molecule has 0 bridgehead atoms. The Hall–Kier alpha value is -2.19. The number of unbranched alkanes of at least 4 members (excludes halogenated alkanes) is 3. The monoisotopic (exact) mass is 572 g/mol. The molecule has 0 aliphatic rings. The van der Waals surface area contributed by atoms with Crippen LogP contribution in [0, 0.1) is 6.92 Å². The fraction of sp³-hybridized carbons (Fsp3) is 0.615. The number of nitrogens with two attached hydrogens (primary N) is 1. The number of rotatable bonds is 10. The van der Waals surface area contributed by atoms with Gasteiger partial charge < -0.3 is 10.5 Å².